The third-order valence-electron chi connectivity index (χ3n) is 8.04. The molecule has 0 fully saturated rings. The Morgan fingerprint density at radius 2 is 1.81 bits per heavy atom. The number of aromatic nitrogens is 1. The molecule has 0 unspecified atom stereocenters. The van der Waals surface area contributed by atoms with Crippen LogP contribution in [0.5, 0.6) is 11.5 Å². The van der Waals surface area contributed by atoms with Crippen LogP contribution in [0, 0.1) is 3.57 Å². The van der Waals surface area contributed by atoms with Gasteiger partial charge in [0.15, 0.2) is 16.3 Å². The molecule has 0 spiro atoms. The van der Waals surface area contributed by atoms with Gasteiger partial charge in [0, 0.05) is 19.8 Å². The minimum Gasteiger partial charge on any atom is -0.493 e. The molecule has 8 nitrogen and oxygen atoms in total. The molecule has 47 heavy (non-hydrogen) atoms. The van der Waals surface area contributed by atoms with E-state index in [1.165, 1.54) is 11.3 Å². The molecule has 1 aliphatic rings. The summed E-state index contributed by atoms with van der Waals surface area (Å²) in [4.78, 5) is 34.6. The van der Waals surface area contributed by atoms with Gasteiger partial charge in [0.2, 0.25) is 0 Å². The monoisotopic (exact) mass is 759 g/mol. The fraction of sp³-hybridized carbons (Fsp3) is 0.216. The average Bonchev–Trinajstić information content (AvgIpc) is 3.36. The first-order valence-corrected chi connectivity index (χ1v) is 17.0. The van der Waals surface area contributed by atoms with E-state index < -0.39 is 12.0 Å². The van der Waals surface area contributed by atoms with E-state index >= 15 is 0 Å². The second-order valence-corrected chi connectivity index (χ2v) is 13.4. The molecule has 0 aliphatic carbocycles. The van der Waals surface area contributed by atoms with E-state index in [9.17, 15) is 9.59 Å². The normalized spacial score (nSPS) is 14.5. The van der Waals surface area contributed by atoms with Crippen LogP contribution in [0.25, 0.3) is 16.8 Å². The van der Waals surface area contributed by atoms with Gasteiger partial charge in [-0.05, 0) is 94.2 Å². The molecule has 2 heterocycles. The second-order valence-electron chi connectivity index (χ2n) is 11.2. The SMILES string of the molecule is CCOC(=O)C1=C(C)N=c2s/c(=C/c3cc(I)c(OCc4cccc5ccccc45)c(OC)c3)c(=O)n2[C@@H]1c1ccc(N(C)C)cc1. The van der Waals surface area contributed by atoms with E-state index in [4.69, 9.17) is 19.2 Å². The summed E-state index contributed by atoms with van der Waals surface area (Å²) in [6.45, 7) is 4.14. The van der Waals surface area contributed by atoms with Gasteiger partial charge < -0.3 is 19.1 Å². The number of hydrogen-bond donors (Lipinski definition) is 0. The van der Waals surface area contributed by atoms with Gasteiger partial charge in [-0.15, -0.1) is 0 Å². The van der Waals surface area contributed by atoms with Gasteiger partial charge in [-0.1, -0.05) is 65.9 Å². The van der Waals surface area contributed by atoms with Crippen LogP contribution in [0.2, 0.25) is 0 Å². The molecule has 1 aromatic heterocycles. The maximum atomic E-state index is 14.1. The standard InChI is InChI=1S/C37H34IN3O5S/c1-6-45-36(43)32-22(2)39-37-41(33(32)25-14-16-27(17-15-25)40(3)4)35(42)31(47-37)20-23-18-29(38)34(30(19-23)44-5)46-21-26-12-9-11-24-10-7-8-13-28(24)26/h7-20,33H,6,21H2,1-5H3/b31-20+/t33-/m1/s1. The Balaban J connectivity index is 1.39. The molecule has 0 N–H and O–H groups in total. The molecule has 1 atom stereocenters. The van der Waals surface area contributed by atoms with Gasteiger partial charge in [-0.2, -0.15) is 0 Å². The summed E-state index contributed by atoms with van der Waals surface area (Å²) in [5.41, 5.74) is 4.30. The van der Waals surface area contributed by atoms with Gasteiger partial charge in [-0.25, -0.2) is 9.79 Å². The minimum atomic E-state index is -0.678. The number of methoxy groups -OCH3 is 1. The first-order chi connectivity index (χ1) is 22.7. The van der Waals surface area contributed by atoms with Crippen molar-refractivity contribution in [3.05, 3.63) is 130 Å². The summed E-state index contributed by atoms with van der Waals surface area (Å²) in [7, 11) is 5.53. The Hall–Kier alpha value is -4.42. The smallest absolute Gasteiger partial charge is 0.338 e. The fourth-order valence-corrected chi connectivity index (χ4v) is 7.57. The maximum Gasteiger partial charge on any atom is 0.338 e. The van der Waals surface area contributed by atoms with Crippen LogP contribution >= 0.6 is 33.9 Å². The number of thiazole rings is 1. The number of rotatable bonds is 9. The average molecular weight is 760 g/mol. The Morgan fingerprint density at radius 1 is 1.06 bits per heavy atom. The van der Waals surface area contributed by atoms with E-state index in [0.29, 0.717) is 38.7 Å². The van der Waals surface area contributed by atoms with Gasteiger partial charge in [0.05, 0.1) is 39.1 Å². The molecule has 0 amide bonds. The van der Waals surface area contributed by atoms with Crippen LogP contribution < -0.4 is 29.3 Å². The van der Waals surface area contributed by atoms with Crippen LogP contribution in [0.4, 0.5) is 5.69 Å². The van der Waals surface area contributed by atoms with Crippen molar-refractivity contribution in [3.8, 4) is 11.5 Å². The van der Waals surface area contributed by atoms with Crippen molar-refractivity contribution in [1.29, 1.82) is 0 Å². The summed E-state index contributed by atoms with van der Waals surface area (Å²) in [6, 6.07) is 25.4. The Morgan fingerprint density at radius 3 is 2.53 bits per heavy atom. The van der Waals surface area contributed by atoms with Crippen LogP contribution in [0.3, 0.4) is 0 Å². The number of fused-ring (bicyclic) bond motifs is 2. The molecule has 0 bridgehead atoms. The molecule has 0 radical (unpaired) electrons. The minimum absolute atomic E-state index is 0.217. The highest BCUT2D eigenvalue weighted by Crippen LogP contribution is 2.36. The van der Waals surface area contributed by atoms with E-state index in [1.54, 1.807) is 25.5 Å². The van der Waals surface area contributed by atoms with E-state index in [1.807, 2.05) is 79.7 Å². The number of nitrogens with zero attached hydrogens (tertiary/aromatic N) is 3. The van der Waals surface area contributed by atoms with Crippen molar-refractivity contribution >= 4 is 62.4 Å². The van der Waals surface area contributed by atoms with E-state index in [-0.39, 0.29) is 12.2 Å². The lowest BCUT2D eigenvalue weighted by Gasteiger charge is -2.25. The quantitative estimate of drug-likeness (QED) is 0.131. The highest BCUT2D eigenvalue weighted by molar-refractivity contribution is 14.1. The highest BCUT2D eigenvalue weighted by atomic mass is 127. The van der Waals surface area contributed by atoms with Gasteiger partial charge >= 0.3 is 5.97 Å². The lowest BCUT2D eigenvalue weighted by molar-refractivity contribution is -0.139. The highest BCUT2D eigenvalue weighted by Gasteiger charge is 2.33. The first-order valence-electron chi connectivity index (χ1n) is 15.1. The molecule has 6 rings (SSSR count). The zero-order valence-corrected chi connectivity index (χ0v) is 29.7. The fourth-order valence-electron chi connectivity index (χ4n) is 5.74. The van der Waals surface area contributed by atoms with Crippen molar-refractivity contribution in [2.24, 2.45) is 4.99 Å². The van der Waals surface area contributed by atoms with E-state index in [2.05, 4.69) is 46.9 Å². The number of benzene rings is 4. The molecule has 5 aromatic rings. The molecule has 4 aromatic carbocycles. The lowest BCUT2D eigenvalue weighted by Crippen LogP contribution is -2.39. The van der Waals surface area contributed by atoms with Crippen molar-refractivity contribution in [2.45, 2.75) is 26.5 Å². The van der Waals surface area contributed by atoms with Crippen LogP contribution in [0.15, 0.2) is 99.9 Å². The number of halogens is 1. The lowest BCUT2D eigenvalue weighted by atomic mass is 9.95. The molecular weight excluding hydrogens is 725 g/mol. The zero-order chi connectivity index (χ0) is 33.2. The molecule has 1 aliphatic heterocycles. The van der Waals surface area contributed by atoms with Crippen LogP contribution in [-0.4, -0.2) is 38.3 Å². The summed E-state index contributed by atoms with van der Waals surface area (Å²) >= 11 is 3.52. The molecule has 240 valence electrons. The Kier molecular flexibility index (Phi) is 9.51. The topological polar surface area (TPSA) is 82.4 Å². The van der Waals surface area contributed by atoms with Crippen LogP contribution in [-0.2, 0) is 16.1 Å². The Bertz CT molecular complexity index is 2200. The third kappa shape index (κ3) is 6.44. The Labute approximate surface area is 290 Å². The zero-order valence-electron chi connectivity index (χ0n) is 26.7. The number of hydrogen-bond acceptors (Lipinski definition) is 8. The predicted molar refractivity (Wildman–Crippen MR) is 195 cm³/mol. The van der Waals surface area contributed by atoms with Crippen molar-refractivity contribution in [1.82, 2.24) is 4.57 Å². The van der Waals surface area contributed by atoms with Crippen molar-refractivity contribution < 1.29 is 19.0 Å². The summed E-state index contributed by atoms with van der Waals surface area (Å²) < 4.78 is 20.4. The summed E-state index contributed by atoms with van der Waals surface area (Å²) in [5.74, 6) is 0.717. The third-order valence-corrected chi connectivity index (χ3v) is 9.83. The summed E-state index contributed by atoms with van der Waals surface area (Å²) in [6.07, 6.45) is 1.83. The van der Waals surface area contributed by atoms with Gasteiger partial charge in [-0.3, -0.25) is 9.36 Å². The van der Waals surface area contributed by atoms with Gasteiger partial charge in [0.1, 0.15) is 6.61 Å². The molecule has 10 heteroatoms. The molecule has 0 saturated heterocycles. The van der Waals surface area contributed by atoms with Crippen molar-refractivity contribution in [3.63, 3.8) is 0 Å². The van der Waals surface area contributed by atoms with E-state index in [0.717, 1.165) is 36.7 Å². The second kappa shape index (κ2) is 13.7. The van der Waals surface area contributed by atoms with Crippen molar-refractivity contribution in [2.75, 3.05) is 32.7 Å². The number of anilines is 1. The largest absolute Gasteiger partial charge is 0.493 e. The predicted octanol–water partition coefficient (Wildman–Crippen LogP) is 6.21. The number of carbonyl (C=O) groups is 1. The maximum absolute atomic E-state index is 14.1. The number of carbonyl (C=O) groups excluding carboxylic acids is 1. The first kappa shape index (κ1) is 32.5. The summed E-state index contributed by atoms with van der Waals surface area (Å²) in [5, 5.41) is 2.30. The molecule has 0 saturated carbocycles. The van der Waals surface area contributed by atoms with Gasteiger partial charge in [0.25, 0.3) is 5.56 Å². The molecular formula is C37H34IN3O5S. The number of esters is 1. The van der Waals surface area contributed by atoms with Crippen LogP contribution in [0.1, 0.15) is 36.6 Å². The number of ether oxygens (including phenoxy) is 3. The number of allylic oxidation sites excluding steroid dienone is 1.